The molecule has 0 aliphatic heterocycles. The maximum absolute atomic E-state index is 12.7. The van der Waals surface area contributed by atoms with E-state index in [1.54, 1.807) is 0 Å². The van der Waals surface area contributed by atoms with Gasteiger partial charge in [-0.25, -0.2) is 13.4 Å². The lowest BCUT2D eigenvalue weighted by molar-refractivity contribution is 0.483. The van der Waals surface area contributed by atoms with Gasteiger partial charge in [0.25, 0.3) is 0 Å². The second kappa shape index (κ2) is 8.78. The molecule has 1 aliphatic rings. The summed E-state index contributed by atoms with van der Waals surface area (Å²) in [7, 11) is -3.12. The summed E-state index contributed by atoms with van der Waals surface area (Å²) in [6, 6.07) is 7.48. The van der Waals surface area contributed by atoms with Crippen LogP contribution in [0, 0.1) is 0 Å². The number of nitrogens with one attached hydrogen (secondary N) is 1. The lowest BCUT2D eigenvalue weighted by atomic mass is 10.0. The number of hydrogen-bond acceptors (Lipinski definition) is 6. The molecule has 0 unspecified atom stereocenters. The Bertz CT molecular complexity index is 877. The number of rotatable bonds is 7. The molecule has 0 bridgehead atoms. The third-order valence-corrected chi connectivity index (χ3v) is 7.34. The van der Waals surface area contributed by atoms with Gasteiger partial charge >= 0.3 is 0 Å². The second-order valence-electron chi connectivity index (χ2n) is 7.13. The molecule has 146 valence electrons. The Balaban J connectivity index is 1.74. The fourth-order valence-corrected chi connectivity index (χ4v) is 5.56. The Morgan fingerprint density at radius 3 is 2.48 bits per heavy atom. The molecule has 1 N–H and O–H groups in total. The third-order valence-electron chi connectivity index (χ3n) is 5.12. The van der Waals surface area contributed by atoms with Crippen LogP contribution in [0.2, 0.25) is 0 Å². The summed E-state index contributed by atoms with van der Waals surface area (Å²) in [4.78, 5) is 4.53. The number of aromatic nitrogens is 3. The van der Waals surface area contributed by atoms with Crippen LogP contribution < -0.4 is 5.32 Å². The van der Waals surface area contributed by atoms with Gasteiger partial charge in [0, 0.05) is 5.69 Å². The van der Waals surface area contributed by atoms with Crippen LogP contribution in [0.5, 0.6) is 0 Å². The van der Waals surface area contributed by atoms with Gasteiger partial charge in [0.2, 0.25) is 5.95 Å². The van der Waals surface area contributed by atoms with Gasteiger partial charge < -0.3 is 5.32 Å². The molecular weight excluding hydrogens is 360 g/mol. The maximum Gasteiger partial charge on any atom is 0.247 e. The van der Waals surface area contributed by atoms with Gasteiger partial charge in [-0.3, -0.25) is 0 Å². The van der Waals surface area contributed by atoms with Gasteiger partial charge in [-0.15, -0.1) is 10.2 Å². The van der Waals surface area contributed by atoms with Crippen LogP contribution >= 0.6 is 0 Å². The summed E-state index contributed by atoms with van der Waals surface area (Å²) in [5.74, 6) is 0.526. The van der Waals surface area contributed by atoms with Crippen molar-refractivity contribution in [1.29, 1.82) is 0 Å². The monoisotopic (exact) mass is 388 g/mol. The van der Waals surface area contributed by atoms with Crippen LogP contribution in [0.4, 0.5) is 11.6 Å². The van der Waals surface area contributed by atoms with Gasteiger partial charge in [0.1, 0.15) is 0 Å². The molecule has 0 amide bonds. The van der Waals surface area contributed by atoms with Crippen molar-refractivity contribution < 1.29 is 8.42 Å². The predicted octanol–water partition coefficient (Wildman–Crippen LogP) is 3.99. The Labute approximate surface area is 161 Å². The first-order valence-corrected chi connectivity index (χ1v) is 11.5. The lowest BCUT2D eigenvalue weighted by Crippen LogP contribution is -2.25. The SMILES string of the molecule is CCc1nnc(Nc2cccc(CS(=O)(=O)C3CCCCC3)c2)nc1CC. The molecule has 0 radical (unpaired) electrons. The number of aryl methyl sites for hydroxylation is 2. The molecule has 7 heteroatoms. The highest BCUT2D eigenvalue weighted by Gasteiger charge is 2.27. The molecule has 1 heterocycles. The van der Waals surface area contributed by atoms with Crippen molar-refractivity contribution >= 4 is 21.5 Å². The summed E-state index contributed by atoms with van der Waals surface area (Å²) in [6.07, 6.45) is 6.38. The molecule has 2 aromatic rings. The van der Waals surface area contributed by atoms with Crippen molar-refractivity contribution in [3.05, 3.63) is 41.2 Å². The average molecular weight is 389 g/mol. The third kappa shape index (κ3) is 5.03. The van der Waals surface area contributed by atoms with Crippen molar-refractivity contribution in [1.82, 2.24) is 15.2 Å². The highest BCUT2D eigenvalue weighted by Crippen LogP contribution is 2.27. The van der Waals surface area contributed by atoms with Gasteiger partial charge in [-0.05, 0) is 43.4 Å². The van der Waals surface area contributed by atoms with E-state index in [1.165, 1.54) is 0 Å². The van der Waals surface area contributed by atoms with Crippen molar-refractivity contribution in [3.8, 4) is 0 Å². The fourth-order valence-electron chi connectivity index (χ4n) is 3.63. The van der Waals surface area contributed by atoms with E-state index in [1.807, 2.05) is 38.1 Å². The van der Waals surface area contributed by atoms with E-state index < -0.39 is 9.84 Å². The Morgan fingerprint density at radius 1 is 1.04 bits per heavy atom. The summed E-state index contributed by atoms with van der Waals surface area (Å²) >= 11 is 0. The summed E-state index contributed by atoms with van der Waals surface area (Å²) in [5, 5.41) is 11.3. The second-order valence-corrected chi connectivity index (χ2v) is 9.41. The summed E-state index contributed by atoms with van der Waals surface area (Å²) in [5.41, 5.74) is 3.42. The van der Waals surface area contributed by atoms with Crippen molar-refractivity contribution in [2.45, 2.75) is 69.8 Å². The zero-order chi connectivity index (χ0) is 19.3. The van der Waals surface area contributed by atoms with Crippen molar-refractivity contribution in [2.24, 2.45) is 0 Å². The number of hydrogen-bond donors (Lipinski definition) is 1. The van der Waals surface area contributed by atoms with Crippen LogP contribution in [0.1, 0.15) is 62.9 Å². The van der Waals surface area contributed by atoms with E-state index in [-0.39, 0.29) is 11.0 Å². The van der Waals surface area contributed by atoms with E-state index in [0.29, 0.717) is 5.95 Å². The highest BCUT2D eigenvalue weighted by atomic mass is 32.2. The standard InChI is InChI=1S/C20H28N4O2S/c1-3-18-19(4-2)23-24-20(22-18)21-16-10-8-9-15(13-16)14-27(25,26)17-11-6-5-7-12-17/h8-10,13,17H,3-7,11-12,14H2,1-2H3,(H,21,22,24). The van der Waals surface area contributed by atoms with Gasteiger partial charge in [0.15, 0.2) is 9.84 Å². The smallest absolute Gasteiger partial charge is 0.247 e. The van der Waals surface area contributed by atoms with Crippen molar-refractivity contribution in [3.63, 3.8) is 0 Å². The molecule has 0 spiro atoms. The minimum absolute atomic E-state index is 0.0846. The molecule has 0 saturated heterocycles. The Kier molecular flexibility index (Phi) is 6.42. The van der Waals surface area contributed by atoms with E-state index in [9.17, 15) is 8.42 Å². The normalized spacial score (nSPS) is 15.6. The van der Waals surface area contributed by atoms with E-state index >= 15 is 0 Å². The molecule has 3 rings (SSSR count). The fraction of sp³-hybridized carbons (Fsp3) is 0.550. The molecule has 27 heavy (non-hydrogen) atoms. The molecule has 0 atom stereocenters. The molecule has 6 nitrogen and oxygen atoms in total. The number of nitrogens with zero attached hydrogens (tertiary/aromatic N) is 3. The first kappa shape index (κ1) is 19.7. The van der Waals surface area contributed by atoms with E-state index in [0.717, 1.165) is 67.6 Å². The number of anilines is 2. The van der Waals surface area contributed by atoms with Gasteiger partial charge in [-0.2, -0.15) is 0 Å². The summed E-state index contributed by atoms with van der Waals surface area (Å²) < 4.78 is 25.4. The topological polar surface area (TPSA) is 84.8 Å². The van der Waals surface area contributed by atoms with Crippen LogP contribution in [0.25, 0.3) is 0 Å². The van der Waals surface area contributed by atoms with Crippen LogP contribution in [0.15, 0.2) is 24.3 Å². The molecular formula is C20H28N4O2S. The first-order valence-electron chi connectivity index (χ1n) is 9.81. The number of benzene rings is 1. The van der Waals surface area contributed by atoms with Crippen LogP contribution in [-0.2, 0) is 28.4 Å². The maximum atomic E-state index is 12.7. The van der Waals surface area contributed by atoms with Gasteiger partial charge in [0.05, 0.1) is 22.4 Å². The molecule has 1 aromatic carbocycles. The van der Waals surface area contributed by atoms with E-state index in [2.05, 4.69) is 20.5 Å². The largest absolute Gasteiger partial charge is 0.323 e. The predicted molar refractivity (Wildman–Crippen MR) is 108 cm³/mol. The molecule has 1 saturated carbocycles. The zero-order valence-corrected chi connectivity index (χ0v) is 16.9. The van der Waals surface area contributed by atoms with Crippen molar-refractivity contribution in [2.75, 3.05) is 5.32 Å². The zero-order valence-electron chi connectivity index (χ0n) is 16.1. The minimum atomic E-state index is -3.12. The van der Waals surface area contributed by atoms with Crippen LogP contribution in [-0.4, -0.2) is 28.8 Å². The molecule has 1 aliphatic carbocycles. The van der Waals surface area contributed by atoms with Gasteiger partial charge in [-0.1, -0.05) is 45.2 Å². The number of sulfone groups is 1. The van der Waals surface area contributed by atoms with E-state index in [4.69, 9.17) is 0 Å². The Morgan fingerprint density at radius 2 is 1.78 bits per heavy atom. The average Bonchev–Trinajstić information content (AvgIpc) is 2.68. The minimum Gasteiger partial charge on any atom is -0.323 e. The summed E-state index contributed by atoms with van der Waals surface area (Å²) in [6.45, 7) is 4.08. The Hall–Kier alpha value is -2.02. The molecule has 1 aromatic heterocycles. The van der Waals surface area contributed by atoms with Crippen LogP contribution in [0.3, 0.4) is 0 Å². The lowest BCUT2D eigenvalue weighted by Gasteiger charge is -2.21. The highest BCUT2D eigenvalue weighted by molar-refractivity contribution is 7.91. The first-order chi connectivity index (χ1) is 13.0. The quantitative estimate of drug-likeness (QED) is 0.772. The molecule has 1 fully saturated rings.